The molecule has 0 aliphatic carbocycles. The van der Waals surface area contributed by atoms with Gasteiger partial charge in [-0.25, -0.2) is 4.79 Å². The van der Waals surface area contributed by atoms with E-state index in [1.807, 2.05) is 0 Å². The Labute approximate surface area is 117 Å². The fourth-order valence-electron chi connectivity index (χ4n) is 1.32. The van der Waals surface area contributed by atoms with Crippen molar-refractivity contribution in [2.75, 3.05) is 18.6 Å². The molecule has 0 fully saturated rings. The van der Waals surface area contributed by atoms with E-state index < -0.39 is 12.0 Å². The second-order valence-corrected chi connectivity index (χ2v) is 4.13. The number of amides is 1. The molecule has 1 rings (SSSR count). The molecule has 1 aromatic rings. The topological polar surface area (TPSA) is 81.4 Å². The van der Waals surface area contributed by atoms with Gasteiger partial charge in [0.15, 0.2) is 0 Å². The van der Waals surface area contributed by atoms with Gasteiger partial charge < -0.3 is 15.8 Å². The largest absolute Gasteiger partial charge is 0.467 e. The van der Waals surface area contributed by atoms with Crippen LogP contribution < -0.4 is 11.1 Å². The molecule has 0 saturated heterocycles. The van der Waals surface area contributed by atoms with Gasteiger partial charge in [-0.15, -0.1) is 0 Å². The van der Waals surface area contributed by atoms with Crippen LogP contribution in [0.4, 0.5) is 5.69 Å². The average molecular weight is 280 g/mol. The van der Waals surface area contributed by atoms with Gasteiger partial charge in [0.05, 0.1) is 7.11 Å². The molecule has 0 saturated carbocycles. The molecule has 1 atom stereocenters. The number of rotatable bonds is 5. The number of methoxy groups -OCH3 is 1. The summed E-state index contributed by atoms with van der Waals surface area (Å²) < 4.78 is 4.54. The monoisotopic (exact) mass is 280 g/mol. The van der Waals surface area contributed by atoms with Crippen LogP contribution >= 0.6 is 12.6 Å². The first-order valence-electron chi connectivity index (χ1n) is 5.59. The first-order chi connectivity index (χ1) is 9.06. The van der Waals surface area contributed by atoms with E-state index in [0.29, 0.717) is 5.69 Å². The zero-order chi connectivity index (χ0) is 14.3. The van der Waals surface area contributed by atoms with Crippen LogP contribution in [0.15, 0.2) is 30.3 Å². The molecular weight excluding hydrogens is 264 g/mol. The summed E-state index contributed by atoms with van der Waals surface area (Å²) in [7, 11) is 1.26. The Balaban J connectivity index is 2.59. The van der Waals surface area contributed by atoms with Gasteiger partial charge >= 0.3 is 5.97 Å². The van der Waals surface area contributed by atoms with Gasteiger partial charge in [-0.1, -0.05) is 12.1 Å². The van der Waals surface area contributed by atoms with Crippen molar-refractivity contribution in [1.82, 2.24) is 5.32 Å². The lowest BCUT2D eigenvalue weighted by Gasteiger charge is -2.12. The molecule has 5 nitrogen and oxygen atoms in total. The summed E-state index contributed by atoms with van der Waals surface area (Å²) in [5.74, 6) is -0.737. The number of carbonyl (C=O) groups is 2. The minimum absolute atomic E-state index is 0.175. The van der Waals surface area contributed by atoms with Gasteiger partial charge in [-0.3, -0.25) is 4.79 Å². The number of ether oxygens (including phenoxy) is 1. The fraction of sp³-hybridized carbons (Fsp3) is 0.231. The summed E-state index contributed by atoms with van der Waals surface area (Å²) in [5.41, 5.74) is 7.04. The molecule has 0 spiro atoms. The number of hydrogen-bond donors (Lipinski definition) is 3. The normalized spacial score (nSPS) is 12.1. The molecule has 102 valence electrons. The Morgan fingerprint density at radius 2 is 2.05 bits per heavy atom. The number of benzene rings is 1. The molecule has 0 aliphatic heterocycles. The standard InChI is InChI=1S/C13H16N2O3S/c1-18-13(17)11(8-19)15-12(16)7-4-9-2-5-10(14)6-3-9/h2-7,11,19H,8,14H2,1H3,(H,15,16)/b7-4+/t11-/m0/s1. The number of nitrogens with one attached hydrogen (secondary N) is 1. The number of hydrogen-bond acceptors (Lipinski definition) is 5. The Kier molecular flexibility index (Phi) is 5.95. The molecule has 0 aromatic heterocycles. The van der Waals surface area contributed by atoms with Gasteiger partial charge in [0, 0.05) is 17.5 Å². The van der Waals surface area contributed by atoms with Crippen LogP contribution in [0.5, 0.6) is 0 Å². The van der Waals surface area contributed by atoms with Gasteiger partial charge in [-0.05, 0) is 23.8 Å². The molecule has 19 heavy (non-hydrogen) atoms. The van der Waals surface area contributed by atoms with Crippen molar-refractivity contribution in [1.29, 1.82) is 0 Å². The van der Waals surface area contributed by atoms with E-state index in [2.05, 4.69) is 22.7 Å². The average Bonchev–Trinajstić information content (AvgIpc) is 2.43. The molecule has 1 aromatic carbocycles. The summed E-state index contributed by atoms with van der Waals surface area (Å²) in [6.07, 6.45) is 2.96. The van der Waals surface area contributed by atoms with E-state index >= 15 is 0 Å². The molecule has 1 amide bonds. The number of nitrogens with two attached hydrogens (primary N) is 1. The predicted molar refractivity (Wildman–Crippen MR) is 77.7 cm³/mol. The van der Waals surface area contributed by atoms with Crippen LogP contribution in [0.2, 0.25) is 0 Å². The molecule has 0 unspecified atom stereocenters. The predicted octanol–water partition coefficient (Wildman–Crippen LogP) is 0.870. The van der Waals surface area contributed by atoms with Crippen molar-refractivity contribution in [3.05, 3.63) is 35.9 Å². The Bertz CT molecular complexity index is 471. The lowest BCUT2D eigenvalue weighted by Crippen LogP contribution is -2.42. The zero-order valence-corrected chi connectivity index (χ0v) is 11.4. The molecular formula is C13H16N2O3S. The quantitative estimate of drug-likeness (QED) is 0.323. The van der Waals surface area contributed by atoms with Gasteiger partial charge in [0.1, 0.15) is 6.04 Å². The molecule has 3 N–H and O–H groups in total. The van der Waals surface area contributed by atoms with E-state index in [-0.39, 0.29) is 11.7 Å². The Hall–Kier alpha value is -1.95. The lowest BCUT2D eigenvalue weighted by atomic mass is 10.2. The van der Waals surface area contributed by atoms with Gasteiger partial charge in [0.25, 0.3) is 0 Å². The van der Waals surface area contributed by atoms with E-state index in [9.17, 15) is 9.59 Å². The highest BCUT2D eigenvalue weighted by atomic mass is 32.1. The van der Waals surface area contributed by atoms with Crippen LogP contribution in [0, 0.1) is 0 Å². The summed E-state index contributed by atoms with van der Waals surface area (Å²) >= 11 is 3.98. The molecule has 0 aliphatic rings. The van der Waals surface area contributed by atoms with Crippen LogP contribution in [0.25, 0.3) is 6.08 Å². The Morgan fingerprint density at radius 1 is 1.42 bits per heavy atom. The number of carbonyl (C=O) groups excluding carboxylic acids is 2. The van der Waals surface area contributed by atoms with E-state index in [1.165, 1.54) is 13.2 Å². The number of thiol groups is 1. The van der Waals surface area contributed by atoms with Crippen LogP contribution in [0.3, 0.4) is 0 Å². The van der Waals surface area contributed by atoms with Crippen molar-refractivity contribution < 1.29 is 14.3 Å². The van der Waals surface area contributed by atoms with Crippen LogP contribution in [-0.4, -0.2) is 30.8 Å². The fourth-order valence-corrected chi connectivity index (χ4v) is 1.56. The summed E-state index contributed by atoms with van der Waals surface area (Å²) in [6, 6.07) is 6.30. The molecule has 0 bridgehead atoms. The highest BCUT2D eigenvalue weighted by molar-refractivity contribution is 7.80. The number of nitrogen functional groups attached to an aromatic ring is 1. The van der Waals surface area contributed by atoms with Crippen molar-refractivity contribution in [3.63, 3.8) is 0 Å². The van der Waals surface area contributed by atoms with Crippen LogP contribution in [-0.2, 0) is 14.3 Å². The summed E-state index contributed by atoms with van der Waals surface area (Å²) in [5, 5.41) is 2.50. The third-order valence-corrected chi connectivity index (χ3v) is 2.71. The minimum Gasteiger partial charge on any atom is -0.467 e. The molecule has 6 heteroatoms. The van der Waals surface area contributed by atoms with E-state index in [1.54, 1.807) is 30.3 Å². The summed E-state index contributed by atoms with van der Waals surface area (Å²) in [4.78, 5) is 22.9. The first kappa shape index (κ1) is 15.1. The maximum Gasteiger partial charge on any atom is 0.329 e. The zero-order valence-electron chi connectivity index (χ0n) is 10.5. The van der Waals surface area contributed by atoms with Crippen molar-refractivity contribution in [2.45, 2.75) is 6.04 Å². The van der Waals surface area contributed by atoms with Crippen molar-refractivity contribution in [3.8, 4) is 0 Å². The van der Waals surface area contributed by atoms with E-state index in [0.717, 1.165) is 5.56 Å². The maximum absolute atomic E-state index is 11.6. The van der Waals surface area contributed by atoms with Crippen LogP contribution in [0.1, 0.15) is 5.56 Å². The van der Waals surface area contributed by atoms with Crippen molar-refractivity contribution >= 4 is 36.3 Å². The third-order valence-electron chi connectivity index (χ3n) is 2.35. The third kappa shape index (κ3) is 5.05. The smallest absolute Gasteiger partial charge is 0.329 e. The van der Waals surface area contributed by atoms with E-state index in [4.69, 9.17) is 5.73 Å². The second kappa shape index (κ2) is 7.48. The lowest BCUT2D eigenvalue weighted by molar-refractivity contribution is -0.143. The number of esters is 1. The highest BCUT2D eigenvalue weighted by Gasteiger charge is 2.18. The Morgan fingerprint density at radius 3 is 2.58 bits per heavy atom. The summed E-state index contributed by atoms with van der Waals surface area (Å²) in [6.45, 7) is 0. The van der Waals surface area contributed by atoms with Gasteiger partial charge in [0.2, 0.25) is 5.91 Å². The first-order valence-corrected chi connectivity index (χ1v) is 6.23. The number of anilines is 1. The van der Waals surface area contributed by atoms with Crippen molar-refractivity contribution in [2.24, 2.45) is 0 Å². The molecule has 0 heterocycles. The SMILES string of the molecule is COC(=O)[C@H](CS)NC(=O)/C=C/c1ccc(N)cc1. The van der Waals surface area contributed by atoms with Gasteiger partial charge in [-0.2, -0.15) is 12.6 Å². The maximum atomic E-state index is 11.6. The minimum atomic E-state index is -0.753. The highest BCUT2D eigenvalue weighted by Crippen LogP contribution is 2.06. The second-order valence-electron chi connectivity index (χ2n) is 3.77. The molecule has 0 radical (unpaired) electrons.